The SMILES string of the molecule is COc1ccc(NC(=O)C(=Nc2ccc(N(C)C)cc2C)C2=Nc3ccccc3S(=O)(=O)N2C)cc1. The molecule has 0 unspecified atom stereocenters. The number of nitrogens with zero attached hydrogens (tertiary/aromatic N) is 4. The van der Waals surface area contributed by atoms with Crippen molar-refractivity contribution in [3.05, 3.63) is 72.3 Å². The predicted octanol–water partition coefficient (Wildman–Crippen LogP) is 4.15. The fourth-order valence-corrected chi connectivity index (χ4v) is 4.92. The average molecular weight is 506 g/mol. The first-order chi connectivity index (χ1) is 17.1. The van der Waals surface area contributed by atoms with Crippen molar-refractivity contribution >= 4 is 50.2 Å². The lowest BCUT2D eigenvalue weighted by atomic mass is 10.1. The number of anilines is 2. The first-order valence-corrected chi connectivity index (χ1v) is 12.5. The first-order valence-electron chi connectivity index (χ1n) is 11.1. The molecule has 0 aromatic heterocycles. The number of hydrogen-bond donors (Lipinski definition) is 1. The Labute approximate surface area is 210 Å². The molecular weight excluding hydrogens is 478 g/mol. The van der Waals surface area contributed by atoms with E-state index in [0.29, 0.717) is 17.1 Å². The molecule has 0 saturated heterocycles. The Balaban J connectivity index is 1.84. The maximum absolute atomic E-state index is 13.5. The largest absolute Gasteiger partial charge is 0.497 e. The minimum Gasteiger partial charge on any atom is -0.497 e. The van der Waals surface area contributed by atoms with Crippen molar-refractivity contribution in [2.75, 3.05) is 38.5 Å². The smallest absolute Gasteiger partial charge is 0.278 e. The van der Waals surface area contributed by atoms with Gasteiger partial charge in [-0.2, -0.15) is 0 Å². The van der Waals surface area contributed by atoms with Crippen LogP contribution in [0.4, 0.5) is 22.7 Å². The van der Waals surface area contributed by atoms with E-state index in [0.717, 1.165) is 15.6 Å². The molecule has 0 bridgehead atoms. The minimum absolute atomic E-state index is 0.0673. The first kappa shape index (κ1) is 24.9. The van der Waals surface area contributed by atoms with Gasteiger partial charge in [-0.25, -0.2) is 18.4 Å². The topological polar surface area (TPSA) is 104 Å². The number of amides is 1. The number of nitrogens with one attached hydrogen (secondary N) is 1. The van der Waals surface area contributed by atoms with Gasteiger partial charge in [0.05, 0.1) is 18.5 Å². The lowest BCUT2D eigenvalue weighted by Gasteiger charge is -2.26. The van der Waals surface area contributed by atoms with E-state index in [4.69, 9.17) is 4.74 Å². The van der Waals surface area contributed by atoms with E-state index >= 15 is 0 Å². The summed E-state index contributed by atoms with van der Waals surface area (Å²) in [6, 6.07) is 18.8. The van der Waals surface area contributed by atoms with Gasteiger partial charge in [0.1, 0.15) is 10.6 Å². The van der Waals surface area contributed by atoms with Crippen LogP contribution in [-0.4, -0.2) is 58.4 Å². The van der Waals surface area contributed by atoms with Crippen LogP contribution < -0.4 is 15.0 Å². The molecule has 0 fully saturated rings. The lowest BCUT2D eigenvalue weighted by molar-refractivity contribution is -0.110. The van der Waals surface area contributed by atoms with Crippen molar-refractivity contribution in [2.45, 2.75) is 11.8 Å². The van der Waals surface area contributed by atoms with Crippen molar-refractivity contribution in [3.63, 3.8) is 0 Å². The van der Waals surface area contributed by atoms with Gasteiger partial charge in [-0.05, 0) is 67.1 Å². The van der Waals surface area contributed by atoms with Gasteiger partial charge >= 0.3 is 0 Å². The number of aliphatic imine (C=N–C) groups is 2. The van der Waals surface area contributed by atoms with E-state index in [1.165, 1.54) is 13.1 Å². The highest BCUT2D eigenvalue weighted by atomic mass is 32.2. The number of para-hydroxylation sites is 1. The van der Waals surface area contributed by atoms with Gasteiger partial charge in [0.25, 0.3) is 15.9 Å². The molecule has 1 aliphatic rings. The third-order valence-corrected chi connectivity index (χ3v) is 7.53. The molecule has 4 rings (SSSR count). The Morgan fingerprint density at radius 2 is 1.75 bits per heavy atom. The summed E-state index contributed by atoms with van der Waals surface area (Å²) in [5, 5.41) is 2.80. The van der Waals surface area contributed by atoms with Crippen LogP contribution >= 0.6 is 0 Å². The number of carbonyl (C=O) groups is 1. The minimum atomic E-state index is -3.93. The van der Waals surface area contributed by atoms with Crippen LogP contribution in [0.2, 0.25) is 0 Å². The van der Waals surface area contributed by atoms with Crippen molar-refractivity contribution in [1.82, 2.24) is 4.31 Å². The number of ether oxygens (including phenoxy) is 1. The summed E-state index contributed by atoms with van der Waals surface area (Å²) in [4.78, 5) is 24.7. The third-order valence-electron chi connectivity index (χ3n) is 5.73. The van der Waals surface area contributed by atoms with Crippen LogP contribution in [0.25, 0.3) is 0 Å². The zero-order chi connectivity index (χ0) is 26.0. The summed E-state index contributed by atoms with van der Waals surface area (Å²) in [7, 11) is 2.84. The molecule has 10 heteroatoms. The van der Waals surface area contributed by atoms with E-state index < -0.39 is 15.9 Å². The van der Waals surface area contributed by atoms with Crippen LogP contribution in [0.5, 0.6) is 5.75 Å². The van der Waals surface area contributed by atoms with Gasteiger partial charge in [-0.1, -0.05) is 12.1 Å². The predicted molar refractivity (Wildman–Crippen MR) is 143 cm³/mol. The van der Waals surface area contributed by atoms with Crippen molar-refractivity contribution < 1.29 is 17.9 Å². The quantitative estimate of drug-likeness (QED) is 0.507. The number of carbonyl (C=O) groups excluding carboxylic acids is 1. The van der Waals surface area contributed by atoms with Gasteiger partial charge < -0.3 is 15.0 Å². The van der Waals surface area contributed by atoms with E-state index in [1.54, 1.807) is 55.6 Å². The van der Waals surface area contributed by atoms with Gasteiger partial charge in [-0.15, -0.1) is 0 Å². The van der Waals surface area contributed by atoms with E-state index in [9.17, 15) is 13.2 Å². The highest BCUT2D eigenvalue weighted by Gasteiger charge is 2.36. The summed E-state index contributed by atoms with van der Waals surface area (Å²) in [6.07, 6.45) is 0. The van der Waals surface area contributed by atoms with Crippen molar-refractivity contribution in [1.29, 1.82) is 0 Å². The van der Waals surface area contributed by atoms with Crippen LogP contribution in [0.3, 0.4) is 0 Å². The van der Waals surface area contributed by atoms with Crippen molar-refractivity contribution in [2.24, 2.45) is 9.98 Å². The fourth-order valence-electron chi connectivity index (χ4n) is 3.65. The monoisotopic (exact) mass is 505 g/mol. The van der Waals surface area contributed by atoms with Crippen LogP contribution in [0.1, 0.15) is 5.56 Å². The van der Waals surface area contributed by atoms with E-state index in [2.05, 4.69) is 15.3 Å². The number of benzene rings is 3. The third kappa shape index (κ3) is 4.80. The zero-order valence-corrected chi connectivity index (χ0v) is 21.5. The molecule has 3 aromatic carbocycles. The van der Waals surface area contributed by atoms with Gasteiger partial charge in [0, 0.05) is 32.5 Å². The second kappa shape index (κ2) is 9.82. The molecule has 0 spiro atoms. The normalized spacial score (nSPS) is 14.5. The Bertz CT molecular complexity index is 1480. The highest BCUT2D eigenvalue weighted by Crippen LogP contribution is 2.32. The molecule has 1 N–H and O–H groups in total. The number of sulfonamides is 1. The van der Waals surface area contributed by atoms with Gasteiger partial charge in [0.15, 0.2) is 11.5 Å². The molecule has 9 nitrogen and oxygen atoms in total. The molecule has 1 amide bonds. The van der Waals surface area contributed by atoms with Gasteiger partial charge in [0.2, 0.25) is 0 Å². The van der Waals surface area contributed by atoms with E-state index in [-0.39, 0.29) is 22.1 Å². The Morgan fingerprint density at radius 3 is 2.39 bits per heavy atom. The Kier molecular flexibility index (Phi) is 6.80. The molecular formula is C26H27N5O4S. The van der Waals surface area contributed by atoms with Crippen LogP contribution in [0, 0.1) is 6.92 Å². The number of fused-ring (bicyclic) bond motifs is 1. The summed E-state index contributed by atoms with van der Waals surface area (Å²) in [5.74, 6) is -0.0372. The summed E-state index contributed by atoms with van der Waals surface area (Å²) >= 11 is 0. The maximum Gasteiger partial charge on any atom is 0.278 e. The number of amidine groups is 1. The standard InChI is InChI=1S/C26H27N5O4S/c1-17-16-19(30(2)3)12-15-21(17)28-24(26(32)27-18-10-13-20(35-5)14-11-18)25-29-22-8-6-7-9-23(22)36(33,34)31(25)4/h6-16H,1-5H3,(H,27,32). The van der Waals surface area contributed by atoms with Crippen molar-refractivity contribution in [3.8, 4) is 5.75 Å². The van der Waals surface area contributed by atoms with Gasteiger partial charge in [-0.3, -0.25) is 9.10 Å². The number of rotatable bonds is 6. The average Bonchev–Trinajstić information content (AvgIpc) is 2.86. The Hall–Kier alpha value is -4.18. The molecule has 36 heavy (non-hydrogen) atoms. The zero-order valence-electron chi connectivity index (χ0n) is 20.7. The maximum atomic E-state index is 13.5. The molecule has 186 valence electrons. The fraction of sp³-hybridized carbons (Fsp3) is 0.192. The molecule has 3 aromatic rings. The number of hydrogen-bond acceptors (Lipinski definition) is 7. The molecule has 1 aliphatic heterocycles. The summed E-state index contributed by atoms with van der Waals surface area (Å²) < 4.78 is 32.7. The molecule has 0 radical (unpaired) electrons. The van der Waals surface area contributed by atoms with E-state index in [1.807, 2.05) is 38.1 Å². The number of aryl methyl sites for hydroxylation is 1. The molecule has 0 aliphatic carbocycles. The molecule has 0 saturated carbocycles. The second-order valence-electron chi connectivity index (χ2n) is 8.38. The molecule has 1 heterocycles. The van der Waals surface area contributed by atoms with Crippen LogP contribution in [0.15, 0.2) is 81.6 Å². The summed E-state index contributed by atoms with van der Waals surface area (Å²) in [6.45, 7) is 1.88. The second-order valence-corrected chi connectivity index (χ2v) is 10.3. The summed E-state index contributed by atoms with van der Waals surface area (Å²) in [5.41, 5.74) is 2.92. The Morgan fingerprint density at radius 1 is 1.06 bits per heavy atom. The van der Waals surface area contributed by atoms with Crippen LogP contribution in [-0.2, 0) is 14.8 Å². The highest BCUT2D eigenvalue weighted by molar-refractivity contribution is 7.90. The number of methoxy groups -OCH3 is 1. The molecule has 0 atom stereocenters. The lowest BCUT2D eigenvalue weighted by Crippen LogP contribution is -2.44.